The summed E-state index contributed by atoms with van der Waals surface area (Å²) in [5.74, 6) is 0.874. The quantitative estimate of drug-likeness (QED) is 0.865. The Morgan fingerprint density at radius 2 is 2.33 bits per heavy atom. The van der Waals surface area contributed by atoms with Gasteiger partial charge in [0, 0.05) is 11.8 Å². The molecule has 0 spiro atoms. The van der Waals surface area contributed by atoms with E-state index in [0.717, 1.165) is 17.9 Å². The molecule has 0 bridgehead atoms. The summed E-state index contributed by atoms with van der Waals surface area (Å²) in [6, 6.07) is 5.02. The Kier molecular flexibility index (Phi) is 2.66. The first kappa shape index (κ1) is 11.4. The Bertz CT molecular complexity index is 668. The molecule has 2 N–H and O–H groups in total. The molecule has 1 aliphatic heterocycles. The van der Waals surface area contributed by atoms with Crippen molar-refractivity contribution in [3.63, 3.8) is 0 Å². The van der Waals surface area contributed by atoms with E-state index < -0.39 is 5.97 Å². The summed E-state index contributed by atoms with van der Waals surface area (Å²) in [6.07, 6.45) is 0.908. The van der Waals surface area contributed by atoms with Crippen molar-refractivity contribution in [3.8, 4) is 0 Å². The number of H-pyrrole nitrogens is 1. The van der Waals surface area contributed by atoms with Gasteiger partial charge in [-0.05, 0) is 24.3 Å². The number of para-hydroxylation sites is 1. The molecule has 1 saturated heterocycles. The van der Waals surface area contributed by atoms with Crippen LogP contribution in [-0.2, 0) is 0 Å². The summed E-state index contributed by atoms with van der Waals surface area (Å²) >= 11 is 1.79. The Labute approximate surface area is 107 Å². The summed E-state index contributed by atoms with van der Waals surface area (Å²) in [4.78, 5) is 26.0. The Balaban J connectivity index is 2.32. The maximum atomic E-state index is 12.0. The van der Waals surface area contributed by atoms with Gasteiger partial charge >= 0.3 is 11.7 Å². The first-order chi connectivity index (χ1) is 8.68. The molecule has 1 unspecified atom stereocenters. The van der Waals surface area contributed by atoms with Crippen LogP contribution >= 0.6 is 11.8 Å². The second-order valence-electron chi connectivity index (χ2n) is 4.32. The van der Waals surface area contributed by atoms with E-state index in [4.69, 9.17) is 0 Å². The van der Waals surface area contributed by atoms with E-state index in [1.54, 1.807) is 28.5 Å². The first-order valence-electron chi connectivity index (χ1n) is 5.73. The molecule has 0 saturated carbocycles. The van der Waals surface area contributed by atoms with Gasteiger partial charge in [0.15, 0.2) is 0 Å². The molecule has 0 aliphatic carbocycles. The number of hydrogen-bond donors (Lipinski definition) is 2. The summed E-state index contributed by atoms with van der Waals surface area (Å²) in [5, 5.41) is 9.22. The molecule has 1 aromatic carbocycles. The lowest BCUT2D eigenvalue weighted by molar-refractivity contribution is 0.0698. The summed E-state index contributed by atoms with van der Waals surface area (Å²) in [7, 11) is 0. The van der Waals surface area contributed by atoms with Crippen LogP contribution in [0.25, 0.3) is 11.0 Å². The lowest BCUT2D eigenvalue weighted by Crippen LogP contribution is -2.22. The number of rotatable bonds is 2. The molecule has 2 heterocycles. The number of hydrogen-bond acceptors (Lipinski definition) is 3. The van der Waals surface area contributed by atoms with E-state index in [1.165, 1.54) is 6.07 Å². The molecule has 2 aromatic rings. The molecule has 1 aromatic heterocycles. The number of fused-ring (bicyclic) bond motifs is 1. The highest BCUT2D eigenvalue weighted by molar-refractivity contribution is 7.99. The Morgan fingerprint density at radius 3 is 3.00 bits per heavy atom. The highest BCUT2D eigenvalue weighted by Gasteiger charge is 2.24. The molecule has 1 aliphatic rings. The summed E-state index contributed by atoms with van der Waals surface area (Å²) < 4.78 is 1.61. The van der Waals surface area contributed by atoms with Gasteiger partial charge in [-0.15, -0.1) is 0 Å². The molecule has 1 atom stereocenters. The van der Waals surface area contributed by atoms with Crippen LogP contribution in [0.5, 0.6) is 0 Å². The van der Waals surface area contributed by atoms with Crippen LogP contribution in [0.2, 0.25) is 0 Å². The third-order valence-corrected chi connectivity index (χ3v) is 4.38. The number of aromatic amines is 1. The number of carboxylic acid groups (broad SMARTS) is 1. The van der Waals surface area contributed by atoms with E-state index in [0.29, 0.717) is 11.0 Å². The van der Waals surface area contributed by atoms with Crippen molar-refractivity contribution in [1.29, 1.82) is 0 Å². The van der Waals surface area contributed by atoms with E-state index in [9.17, 15) is 14.7 Å². The molecule has 5 nitrogen and oxygen atoms in total. The number of aromatic carboxylic acids is 1. The van der Waals surface area contributed by atoms with Crippen LogP contribution in [0.4, 0.5) is 0 Å². The SMILES string of the molecule is O=C(O)c1cccc2[nH]c(=O)n(C3CCSC3)c12. The van der Waals surface area contributed by atoms with E-state index in [-0.39, 0.29) is 17.3 Å². The van der Waals surface area contributed by atoms with Crippen molar-refractivity contribution in [2.75, 3.05) is 11.5 Å². The number of thioether (sulfide) groups is 1. The van der Waals surface area contributed by atoms with Crippen molar-refractivity contribution in [2.45, 2.75) is 12.5 Å². The maximum Gasteiger partial charge on any atom is 0.337 e. The van der Waals surface area contributed by atoms with Gasteiger partial charge in [0.25, 0.3) is 0 Å². The number of aromatic nitrogens is 2. The molecule has 94 valence electrons. The highest BCUT2D eigenvalue weighted by Crippen LogP contribution is 2.30. The Morgan fingerprint density at radius 1 is 1.50 bits per heavy atom. The molecular weight excluding hydrogens is 252 g/mol. The molecule has 18 heavy (non-hydrogen) atoms. The zero-order valence-electron chi connectivity index (χ0n) is 9.55. The zero-order chi connectivity index (χ0) is 12.7. The minimum absolute atomic E-state index is 0.0942. The third kappa shape index (κ3) is 1.64. The number of carbonyl (C=O) groups is 1. The van der Waals surface area contributed by atoms with Crippen molar-refractivity contribution in [1.82, 2.24) is 9.55 Å². The molecule has 3 rings (SSSR count). The maximum absolute atomic E-state index is 12.0. The zero-order valence-corrected chi connectivity index (χ0v) is 10.4. The topological polar surface area (TPSA) is 75.1 Å². The number of carboxylic acids is 1. The van der Waals surface area contributed by atoms with Gasteiger partial charge in [-0.2, -0.15) is 11.8 Å². The highest BCUT2D eigenvalue weighted by atomic mass is 32.2. The number of nitrogens with zero attached hydrogens (tertiary/aromatic N) is 1. The van der Waals surface area contributed by atoms with Crippen LogP contribution < -0.4 is 5.69 Å². The van der Waals surface area contributed by atoms with E-state index in [1.807, 2.05) is 0 Å². The van der Waals surface area contributed by atoms with Crippen LogP contribution in [-0.4, -0.2) is 32.1 Å². The van der Waals surface area contributed by atoms with Gasteiger partial charge in [-0.1, -0.05) is 6.07 Å². The second-order valence-corrected chi connectivity index (χ2v) is 5.47. The van der Waals surface area contributed by atoms with Crippen molar-refractivity contribution >= 4 is 28.8 Å². The third-order valence-electron chi connectivity index (χ3n) is 3.24. The number of imidazole rings is 1. The van der Waals surface area contributed by atoms with Crippen LogP contribution in [0.1, 0.15) is 22.8 Å². The van der Waals surface area contributed by atoms with Gasteiger partial charge in [-0.3, -0.25) is 4.57 Å². The van der Waals surface area contributed by atoms with E-state index in [2.05, 4.69) is 4.98 Å². The fourth-order valence-corrected chi connectivity index (χ4v) is 3.62. The molecule has 1 fully saturated rings. The Hall–Kier alpha value is -1.69. The van der Waals surface area contributed by atoms with Crippen molar-refractivity contribution in [2.24, 2.45) is 0 Å². The predicted molar refractivity (Wildman–Crippen MR) is 70.5 cm³/mol. The molecule has 0 radical (unpaired) electrons. The molecule has 0 amide bonds. The minimum atomic E-state index is -1.00. The van der Waals surface area contributed by atoms with Crippen molar-refractivity contribution in [3.05, 3.63) is 34.2 Å². The smallest absolute Gasteiger partial charge is 0.337 e. The average molecular weight is 264 g/mol. The monoisotopic (exact) mass is 264 g/mol. The molecule has 6 heteroatoms. The lowest BCUT2D eigenvalue weighted by Gasteiger charge is -2.11. The number of benzene rings is 1. The van der Waals surface area contributed by atoms with Crippen LogP contribution in [0, 0.1) is 0 Å². The fraction of sp³-hybridized carbons (Fsp3) is 0.333. The lowest BCUT2D eigenvalue weighted by atomic mass is 10.1. The molecular formula is C12H12N2O3S. The van der Waals surface area contributed by atoms with Gasteiger partial charge < -0.3 is 10.1 Å². The van der Waals surface area contributed by atoms with Gasteiger partial charge in [-0.25, -0.2) is 9.59 Å². The van der Waals surface area contributed by atoms with Crippen LogP contribution in [0.15, 0.2) is 23.0 Å². The predicted octanol–water partition coefficient (Wildman–Crippen LogP) is 1.71. The summed E-state index contributed by atoms with van der Waals surface area (Å²) in [5.41, 5.74) is 1.08. The second kappa shape index (κ2) is 4.20. The standard InChI is InChI=1S/C12H12N2O3S/c15-11(16)8-2-1-3-9-10(8)14(12(17)13-9)7-4-5-18-6-7/h1-3,7H,4-6H2,(H,13,17)(H,15,16). The minimum Gasteiger partial charge on any atom is -0.478 e. The van der Waals surface area contributed by atoms with E-state index >= 15 is 0 Å². The normalized spacial score (nSPS) is 19.4. The average Bonchev–Trinajstić information content (AvgIpc) is 2.93. The first-order valence-corrected chi connectivity index (χ1v) is 6.88. The van der Waals surface area contributed by atoms with Crippen molar-refractivity contribution < 1.29 is 9.90 Å². The van der Waals surface area contributed by atoms with Gasteiger partial charge in [0.2, 0.25) is 0 Å². The van der Waals surface area contributed by atoms with Crippen LogP contribution in [0.3, 0.4) is 0 Å². The van der Waals surface area contributed by atoms with Gasteiger partial charge in [0.05, 0.1) is 16.6 Å². The van der Waals surface area contributed by atoms with Gasteiger partial charge in [0.1, 0.15) is 0 Å². The number of nitrogens with one attached hydrogen (secondary N) is 1. The largest absolute Gasteiger partial charge is 0.478 e. The summed E-state index contributed by atoms with van der Waals surface area (Å²) in [6.45, 7) is 0. The fourth-order valence-electron chi connectivity index (χ4n) is 2.43.